The van der Waals surface area contributed by atoms with Gasteiger partial charge in [-0.05, 0) is 69.2 Å². The average molecular weight is 478 g/mol. The molecule has 4 rings (SSSR count). The van der Waals surface area contributed by atoms with Crippen LogP contribution in [-0.4, -0.2) is 58.7 Å². The second-order valence-corrected chi connectivity index (χ2v) is 10.7. The smallest absolute Gasteiger partial charge is 0.330 e. The number of carbonyl (C=O) groups excluding carboxylic acids is 2. The minimum absolute atomic E-state index is 0.0674. The Morgan fingerprint density at radius 1 is 1.11 bits per heavy atom. The lowest BCUT2D eigenvalue weighted by Crippen LogP contribution is -2.48. The van der Waals surface area contributed by atoms with Crippen molar-refractivity contribution >= 4 is 23.3 Å². The first-order chi connectivity index (χ1) is 16.6. The second kappa shape index (κ2) is 9.85. The number of anilines is 1. The SMILES string of the molecule is CC(CC(=N)C(=O)C1(c2ccc(N3CCN(OC(=O)C(C)(C)C)CC3)nc2)CC1)c1cccnc1. The molecule has 1 saturated carbocycles. The number of Topliss-reactive ketones (excluding diaryl/α,β-unsaturated/α-hetero) is 1. The number of carbonyl (C=O) groups is 2. The van der Waals surface area contributed by atoms with Gasteiger partial charge in [-0.3, -0.25) is 9.78 Å². The van der Waals surface area contributed by atoms with Crippen molar-refractivity contribution in [1.82, 2.24) is 15.0 Å². The van der Waals surface area contributed by atoms with E-state index in [1.54, 1.807) is 23.7 Å². The topological polar surface area (TPSA) is 99.5 Å². The summed E-state index contributed by atoms with van der Waals surface area (Å²) in [6.45, 7) is 10.2. The molecule has 1 aliphatic carbocycles. The van der Waals surface area contributed by atoms with Crippen LogP contribution in [0.5, 0.6) is 0 Å². The molecule has 1 aliphatic heterocycles. The van der Waals surface area contributed by atoms with Gasteiger partial charge in [-0.15, -0.1) is 5.06 Å². The van der Waals surface area contributed by atoms with Crippen molar-refractivity contribution in [1.29, 1.82) is 5.41 Å². The van der Waals surface area contributed by atoms with E-state index in [0.29, 0.717) is 32.6 Å². The molecule has 2 aromatic rings. The fraction of sp³-hybridized carbons (Fsp3) is 0.519. The van der Waals surface area contributed by atoms with Gasteiger partial charge in [0.15, 0.2) is 5.78 Å². The number of piperazine rings is 1. The van der Waals surface area contributed by atoms with E-state index in [4.69, 9.17) is 10.2 Å². The highest BCUT2D eigenvalue weighted by molar-refractivity contribution is 6.42. The van der Waals surface area contributed by atoms with Crippen molar-refractivity contribution in [2.75, 3.05) is 31.1 Å². The molecule has 2 fully saturated rings. The zero-order chi connectivity index (χ0) is 25.2. The van der Waals surface area contributed by atoms with E-state index in [9.17, 15) is 9.59 Å². The maximum Gasteiger partial charge on any atom is 0.330 e. The molecule has 0 spiro atoms. The van der Waals surface area contributed by atoms with Gasteiger partial charge >= 0.3 is 5.97 Å². The third-order valence-corrected chi connectivity index (χ3v) is 6.91. The van der Waals surface area contributed by atoms with Crippen LogP contribution in [0, 0.1) is 10.8 Å². The minimum Gasteiger partial charge on any atom is -0.367 e. The predicted molar refractivity (Wildman–Crippen MR) is 134 cm³/mol. The maximum absolute atomic E-state index is 13.3. The number of nitrogens with zero attached hydrogens (tertiary/aromatic N) is 4. The zero-order valence-electron chi connectivity index (χ0n) is 21.1. The van der Waals surface area contributed by atoms with Crippen molar-refractivity contribution < 1.29 is 14.4 Å². The Labute approximate surface area is 207 Å². The Morgan fingerprint density at radius 2 is 1.83 bits per heavy atom. The van der Waals surface area contributed by atoms with E-state index in [1.807, 2.05) is 52.0 Å². The summed E-state index contributed by atoms with van der Waals surface area (Å²) in [4.78, 5) is 41.8. The number of ketones is 1. The summed E-state index contributed by atoms with van der Waals surface area (Å²) >= 11 is 0. The molecule has 2 aromatic heterocycles. The number of hydrogen-bond acceptors (Lipinski definition) is 8. The number of pyridine rings is 2. The predicted octanol–water partition coefficient (Wildman–Crippen LogP) is 3.92. The fourth-order valence-corrected chi connectivity index (χ4v) is 4.36. The quantitative estimate of drug-likeness (QED) is 0.575. The molecule has 0 bridgehead atoms. The number of aromatic nitrogens is 2. The second-order valence-electron chi connectivity index (χ2n) is 10.7. The highest BCUT2D eigenvalue weighted by Crippen LogP contribution is 2.49. The number of rotatable bonds is 8. The molecule has 8 nitrogen and oxygen atoms in total. The summed E-state index contributed by atoms with van der Waals surface area (Å²) in [5.74, 6) is 0.599. The number of nitrogens with one attached hydrogen (secondary N) is 1. The summed E-state index contributed by atoms with van der Waals surface area (Å²) in [6, 6.07) is 7.81. The summed E-state index contributed by atoms with van der Waals surface area (Å²) in [6.07, 6.45) is 7.24. The van der Waals surface area contributed by atoms with E-state index < -0.39 is 10.8 Å². The van der Waals surface area contributed by atoms with Gasteiger partial charge in [0.25, 0.3) is 0 Å². The Hall–Kier alpha value is -3.13. The van der Waals surface area contributed by atoms with E-state index in [1.165, 1.54) is 0 Å². The first-order valence-corrected chi connectivity index (χ1v) is 12.3. The Bertz CT molecular complexity index is 1070. The van der Waals surface area contributed by atoms with Crippen LogP contribution in [0.1, 0.15) is 64.0 Å². The van der Waals surface area contributed by atoms with E-state index in [0.717, 1.165) is 29.8 Å². The van der Waals surface area contributed by atoms with E-state index in [2.05, 4.69) is 14.9 Å². The molecule has 1 atom stereocenters. The average Bonchev–Trinajstić information content (AvgIpc) is 3.66. The van der Waals surface area contributed by atoms with Crippen LogP contribution in [0.15, 0.2) is 42.9 Å². The molecule has 35 heavy (non-hydrogen) atoms. The highest BCUT2D eigenvalue weighted by atomic mass is 16.7. The summed E-state index contributed by atoms with van der Waals surface area (Å²) in [5.41, 5.74) is 0.968. The van der Waals surface area contributed by atoms with Crippen LogP contribution in [0.4, 0.5) is 5.82 Å². The van der Waals surface area contributed by atoms with Crippen LogP contribution in [0.2, 0.25) is 0 Å². The van der Waals surface area contributed by atoms with Gasteiger partial charge in [0.2, 0.25) is 0 Å². The van der Waals surface area contributed by atoms with Crippen molar-refractivity contribution in [3.8, 4) is 0 Å². The molecular formula is C27H35N5O3. The molecule has 1 unspecified atom stereocenters. The molecule has 186 valence electrons. The van der Waals surface area contributed by atoms with Gasteiger partial charge in [-0.1, -0.05) is 19.1 Å². The largest absolute Gasteiger partial charge is 0.367 e. The number of hydrogen-bond donors (Lipinski definition) is 1. The molecule has 1 saturated heterocycles. The third-order valence-electron chi connectivity index (χ3n) is 6.91. The first kappa shape index (κ1) is 25.0. The first-order valence-electron chi connectivity index (χ1n) is 12.3. The molecule has 1 N–H and O–H groups in total. The van der Waals surface area contributed by atoms with E-state index in [-0.39, 0.29) is 23.4 Å². The Kier molecular flexibility index (Phi) is 7.03. The lowest BCUT2D eigenvalue weighted by Gasteiger charge is -2.35. The lowest BCUT2D eigenvalue weighted by molar-refractivity contribution is -0.201. The van der Waals surface area contributed by atoms with Gasteiger partial charge in [0.1, 0.15) is 5.82 Å². The van der Waals surface area contributed by atoms with Crippen molar-refractivity contribution in [3.63, 3.8) is 0 Å². The lowest BCUT2D eigenvalue weighted by atomic mass is 9.86. The van der Waals surface area contributed by atoms with Crippen LogP contribution < -0.4 is 4.90 Å². The van der Waals surface area contributed by atoms with Crippen LogP contribution >= 0.6 is 0 Å². The monoisotopic (exact) mass is 477 g/mol. The van der Waals surface area contributed by atoms with Gasteiger partial charge in [-0.25, -0.2) is 9.78 Å². The van der Waals surface area contributed by atoms with Crippen molar-refractivity contribution in [3.05, 3.63) is 54.0 Å². The maximum atomic E-state index is 13.3. The Balaban J connectivity index is 1.34. The van der Waals surface area contributed by atoms with Gasteiger partial charge in [0, 0.05) is 31.7 Å². The van der Waals surface area contributed by atoms with Crippen LogP contribution in [-0.2, 0) is 19.8 Å². The van der Waals surface area contributed by atoms with Gasteiger partial charge in [-0.2, -0.15) is 0 Å². The third kappa shape index (κ3) is 5.59. The highest BCUT2D eigenvalue weighted by Gasteiger charge is 2.52. The minimum atomic E-state index is -0.600. The van der Waals surface area contributed by atoms with Gasteiger partial charge < -0.3 is 15.1 Å². The molecule has 3 heterocycles. The van der Waals surface area contributed by atoms with Crippen LogP contribution in [0.25, 0.3) is 0 Å². The molecule has 0 amide bonds. The molecule has 8 heteroatoms. The summed E-state index contributed by atoms with van der Waals surface area (Å²) < 4.78 is 0. The standard InChI is InChI=1S/C27H35N5O3/c1-19(20-6-5-11-29-17-20)16-22(28)24(33)27(9-10-27)21-7-8-23(30-18-21)31-12-14-32(15-13-31)35-25(34)26(2,3)4/h5-8,11,17-19,28H,9-10,12-16H2,1-4H3. The number of hydroxylamine groups is 2. The Morgan fingerprint density at radius 3 is 2.37 bits per heavy atom. The normalized spacial score (nSPS) is 18.6. The zero-order valence-corrected chi connectivity index (χ0v) is 21.1. The molecule has 0 radical (unpaired) electrons. The molecule has 2 aliphatic rings. The van der Waals surface area contributed by atoms with Crippen molar-refractivity contribution in [2.45, 2.75) is 58.3 Å². The molecular weight excluding hydrogens is 442 g/mol. The fourth-order valence-electron chi connectivity index (χ4n) is 4.36. The summed E-state index contributed by atoms with van der Waals surface area (Å²) in [7, 11) is 0. The van der Waals surface area contributed by atoms with Crippen LogP contribution in [0.3, 0.4) is 0 Å². The van der Waals surface area contributed by atoms with E-state index >= 15 is 0 Å². The summed E-state index contributed by atoms with van der Waals surface area (Å²) in [5, 5.41) is 10.2. The van der Waals surface area contributed by atoms with Crippen molar-refractivity contribution in [2.24, 2.45) is 5.41 Å². The van der Waals surface area contributed by atoms with Gasteiger partial charge in [0.05, 0.1) is 29.6 Å². The molecule has 0 aromatic carbocycles.